The Bertz CT molecular complexity index is 663. The zero-order valence-corrected chi connectivity index (χ0v) is 9.88. The fraction of sp³-hybridized carbons (Fsp3) is 0.167. The molecule has 1 N–H and O–H groups in total. The molecule has 0 amide bonds. The fourth-order valence-corrected chi connectivity index (χ4v) is 2.53. The van der Waals surface area contributed by atoms with Crippen molar-refractivity contribution >= 4 is 50.4 Å². The number of rotatable bonds is 1. The number of hydrogen-bond acceptors (Lipinski definition) is 2. The van der Waals surface area contributed by atoms with Crippen molar-refractivity contribution < 1.29 is 13.0 Å². The van der Waals surface area contributed by atoms with Crippen molar-refractivity contribution in [3.8, 4) is 0 Å². The molecule has 2 aromatic carbocycles. The first-order valence-electron chi connectivity index (χ1n) is 4.86. The minimum atomic E-state index is -4.14. The van der Waals surface area contributed by atoms with E-state index in [1.807, 2.05) is 25.1 Å². The van der Waals surface area contributed by atoms with Gasteiger partial charge in [0.15, 0.2) is 0 Å². The molecule has 3 nitrogen and oxygen atoms in total. The van der Waals surface area contributed by atoms with E-state index in [1.165, 1.54) is 6.07 Å². The molecule has 0 aliphatic rings. The second-order valence-electron chi connectivity index (χ2n) is 3.94. The zero-order chi connectivity index (χ0) is 11.9. The van der Waals surface area contributed by atoms with Gasteiger partial charge in [-0.3, -0.25) is 4.55 Å². The van der Waals surface area contributed by atoms with Gasteiger partial charge in [0.05, 0.1) is 4.90 Å². The van der Waals surface area contributed by atoms with Crippen molar-refractivity contribution in [2.24, 2.45) is 0 Å². The summed E-state index contributed by atoms with van der Waals surface area (Å²) in [7, 11) is -4.14. The third-order valence-electron chi connectivity index (χ3n) is 2.57. The van der Waals surface area contributed by atoms with Gasteiger partial charge in [-0.2, -0.15) is 8.42 Å². The van der Waals surface area contributed by atoms with Crippen molar-refractivity contribution in [1.82, 2.24) is 0 Å². The third kappa shape index (κ3) is 3.09. The molecule has 5 heteroatoms. The Labute approximate surface area is 123 Å². The van der Waals surface area contributed by atoms with E-state index >= 15 is 0 Å². The molecular formula is C12H13NaO3S. The first-order valence-corrected chi connectivity index (χ1v) is 6.30. The summed E-state index contributed by atoms with van der Waals surface area (Å²) < 4.78 is 31.3. The van der Waals surface area contributed by atoms with E-state index < -0.39 is 10.1 Å². The molecule has 0 saturated carbocycles. The molecule has 0 heterocycles. The van der Waals surface area contributed by atoms with E-state index in [-0.39, 0.29) is 34.5 Å². The Balaban J connectivity index is 0.00000144. The van der Waals surface area contributed by atoms with Gasteiger partial charge in [0.25, 0.3) is 10.1 Å². The van der Waals surface area contributed by atoms with E-state index in [4.69, 9.17) is 4.55 Å². The Kier molecular flexibility index (Phi) is 4.38. The van der Waals surface area contributed by atoms with Crippen LogP contribution in [0.5, 0.6) is 0 Å². The van der Waals surface area contributed by atoms with Gasteiger partial charge in [0, 0.05) is 0 Å². The van der Waals surface area contributed by atoms with Crippen molar-refractivity contribution in [3.05, 3.63) is 41.5 Å². The van der Waals surface area contributed by atoms with E-state index in [2.05, 4.69) is 0 Å². The molecule has 0 saturated heterocycles. The molecule has 2 aromatic rings. The van der Waals surface area contributed by atoms with Gasteiger partial charge < -0.3 is 0 Å². The van der Waals surface area contributed by atoms with Gasteiger partial charge in [-0.25, -0.2) is 0 Å². The maximum atomic E-state index is 11.1. The number of aryl methyl sites for hydroxylation is 2. The van der Waals surface area contributed by atoms with Crippen molar-refractivity contribution in [2.75, 3.05) is 0 Å². The number of benzene rings is 2. The van der Waals surface area contributed by atoms with Crippen LogP contribution < -0.4 is 0 Å². The predicted octanol–water partition coefficient (Wildman–Crippen LogP) is 2.05. The zero-order valence-electron chi connectivity index (χ0n) is 9.06. The summed E-state index contributed by atoms with van der Waals surface area (Å²) in [6.45, 7) is 3.61. The van der Waals surface area contributed by atoms with Crippen LogP contribution in [0.3, 0.4) is 0 Å². The summed E-state index contributed by atoms with van der Waals surface area (Å²) >= 11 is 0. The maximum absolute atomic E-state index is 11.1. The van der Waals surface area contributed by atoms with Crippen LogP contribution in [-0.4, -0.2) is 42.5 Å². The van der Waals surface area contributed by atoms with Crippen LogP contribution >= 0.6 is 0 Å². The van der Waals surface area contributed by atoms with Gasteiger partial charge >= 0.3 is 29.6 Å². The number of fused-ring (bicyclic) bond motifs is 1. The van der Waals surface area contributed by atoms with Crippen LogP contribution in [-0.2, 0) is 10.1 Å². The summed E-state index contributed by atoms with van der Waals surface area (Å²) in [5.41, 5.74) is 1.61. The molecule has 0 radical (unpaired) electrons. The molecule has 0 aromatic heterocycles. The van der Waals surface area contributed by atoms with Crippen LogP contribution in [0.25, 0.3) is 10.8 Å². The van der Waals surface area contributed by atoms with E-state index in [0.717, 1.165) is 16.3 Å². The topological polar surface area (TPSA) is 54.4 Å². The van der Waals surface area contributed by atoms with Crippen molar-refractivity contribution in [3.63, 3.8) is 0 Å². The minimum absolute atomic E-state index is 0. The molecule has 0 atom stereocenters. The summed E-state index contributed by atoms with van der Waals surface area (Å²) in [5, 5.41) is 1.79. The van der Waals surface area contributed by atoms with E-state index in [9.17, 15) is 8.42 Å². The van der Waals surface area contributed by atoms with Crippen LogP contribution in [0.1, 0.15) is 11.1 Å². The summed E-state index contributed by atoms with van der Waals surface area (Å²) in [6.07, 6.45) is 0. The van der Waals surface area contributed by atoms with Gasteiger partial charge in [0.2, 0.25) is 0 Å². The van der Waals surface area contributed by atoms with Crippen LogP contribution in [0, 0.1) is 13.8 Å². The average molecular weight is 260 g/mol. The molecule has 0 spiro atoms. The summed E-state index contributed by atoms with van der Waals surface area (Å²) in [5.74, 6) is 0. The first kappa shape index (κ1) is 14.7. The molecule has 86 valence electrons. The Morgan fingerprint density at radius 3 is 2.24 bits per heavy atom. The van der Waals surface area contributed by atoms with Crippen LogP contribution in [0.15, 0.2) is 35.2 Å². The SMILES string of the molecule is Cc1ccc2cc(C)c(S(=O)(=O)O)cc2c1.[NaH]. The van der Waals surface area contributed by atoms with Crippen LogP contribution in [0.2, 0.25) is 0 Å². The quantitative estimate of drug-likeness (QED) is 0.630. The molecule has 17 heavy (non-hydrogen) atoms. The van der Waals surface area contributed by atoms with Crippen molar-refractivity contribution in [2.45, 2.75) is 18.7 Å². The monoisotopic (exact) mass is 260 g/mol. The van der Waals surface area contributed by atoms with E-state index in [1.54, 1.807) is 13.0 Å². The van der Waals surface area contributed by atoms with Gasteiger partial charge in [-0.1, -0.05) is 29.8 Å². The Morgan fingerprint density at radius 1 is 1.00 bits per heavy atom. The molecule has 0 unspecified atom stereocenters. The summed E-state index contributed by atoms with van der Waals surface area (Å²) in [4.78, 5) is -0.0226. The molecular weight excluding hydrogens is 247 g/mol. The first-order chi connectivity index (χ1) is 7.38. The van der Waals surface area contributed by atoms with Crippen molar-refractivity contribution in [1.29, 1.82) is 0 Å². The molecule has 2 rings (SSSR count). The van der Waals surface area contributed by atoms with Gasteiger partial charge in [0.1, 0.15) is 0 Å². The van der Waals surface area contributed by atoms with E-state index in [0.29, 0.717) is 5.56 Å². The molecule has 0 aliphatic heterocycles. The second-order valence-corrected chi connectivity index (χ2v) is 5.33. The third-order valence-corrected chi connectivity index (χ3v) is 3.56. The molecule has 0 aliphatic carbocycles. The fourth-order valence-electron chi connectivity index (χ4n) is 1.79. The Morgan fingerprint density at radius 2 is 1.65 bits per heavy atom. The standard InChI is InChI=1S/C12H12O3S.Na.H/c1-8-3-4-10-6-9(2)12(16(13,14)15)7-11(10)5-8;;/h3-7H,1-2H3,(H,13,14,15);;. The number of hydrogen-bond donors (Lipinski definition) is 1. The van der Waals surface area contributed by atoms with Crippen LogP contribution in [0.4, 0.5) is 0 Å². The Hall–Kier alpha value is -0.390. The summed E-state index contributed by atoms with van der Waals surface area (Å²) in [6, 6.07) is 9.06. The average Bonchev–Trinajstić information content (AvgIpc) is 2.16. The predicted molar refractivity (Wildman–Crippen MR) is 70.4 cm³/mol. The normalized spacial score (nSPS) is 11.2. The molecule has 0 bridgehead atoms. The van der Waals surface area contributed by atoms with Gasteiger partial charge in [-0.15, -0.1) is 0 Å². The van der Waals surface area contributed by atoms with Gasteiger partial charge in [-0.05, 0) is 36.2 Å². The second kappa shape index (κ2) is 5.08. The molecule has 0 fully saturated rings.